The molecule has 0 aliphatic heterocycles. The highest BCUT2D eigenvalue weighted by atomic mass is 79.9. The molecule has 1 N–H and O–H groups in total. The van der Waals surface area contributed by atoms with Crippen molar-refractivity contribution in [2.75, 3.05) is 19.0 Å². The molecule has 0 radical (unpaired) electrons. The fourth-order valence-electron chi connectivity index (χ4n) is 2.15. The van der Waals surface area contributed by atoms with Gasteiger partial charge < -0.3 is 14.8 Å². The molecule has 0 aliphatic rings. The minimum Gasteiger partial charge on any atom is -0.493 e. The van der Waals surface area contributed by atoms with Crippen molar-refractivity contribution >= 4 is 33.6 Å². The first-order valence-corrected chi connectivity index (χ1v) is 8.57. The minimum absolute atomic E-state index is 0.118. The van der Waals surface area contributed by atoms with Gasteiger partial charge in [-0.15, -0.1) is 0 Å². The van der Waals surface area contributed by atoms with Gasteiger partial charge in [0.25, 0.3) is 5.91 Å². The first kappa shape index (κ1) is 20.2. The van der Waals surface area contributed by atoms with Gasteiger partial charge >= 0.3 is 0 Å². The van der Waals surface area contributed by atoms with Crippen LogP contribution < -0.4 is 14.8 Å². The van der Waals surface area contributed by atoms with Gasteiger partial charge in [0.05, 0.1) is 11.6 Å². The number of carbonyl (C=O) groups excluding carboxylic acids is 1. The van der Waals surface area contributed by atoms with Crippen LogP contribution in [0.1, 0.15) is 5.56 Å². The molecule has 0 bridgehead atoms. The highest BCUT2D eigenvalue weighted by Gasteiger charge is 2.14. The molecule has 2 rings (SSSR count). The smallest absolute Gasteiger partial charge is 0.266 e. The Balaban J connectivity index is 2.29. The first-order valence-electron chi connectivity index (χ1n) is 7.78. The van der Waals surface area contributed by atoms with E-state index in [2.05, 4.69) is 27.8 Å². The second-order valence-corrected chi connectivity index (χ2v) is 6.12. The second kappa shape index (κ2) is 9.55. The zero-order chi connectivity index (χ0) is 19.8. The van der Waals surface area contributed by atoms with Crippen molar-refractivity contribution in [2.45, 2.75) is 0 Å². The lowest BCUT2D eigenvalue weighted by molar-refractivity contribution is -0.112. The lowest BCUT2D eigenvalue weighted by Crippen LogP contribution is -2.13. The molecule has 0 fully saturated rings. The number of methoxy groups -OCH3 is 1. The Bertz CT molecular complexity index is 918. The Morgan fingerprint density at radius 2 is 2.07 bits per heavy atom. The summed E-state index contributed by atoms with van der Waals surface area (Å²) < 4.78 is 24.4. The Kier molecular flexibility index (Phi) is 7.15. The molecular weight excluding hydrogens is 415 g/mol. The molecule has 0 spiro atoms. The summed E-state index contributed by atoms with van der Waals surface area (Å²) in [5.41, 5.74) is 0.831. The van der Waals surface area contributed by atoms with Gasteiger partial charge in [0, 0.05) is 5.69 Å². The standard InChI is InChI=1S/C20H16BrFN2O3/c1-3-8-27-19-17(21)10-13(11-18(19)26-2)9-14(12-23)20(25)24-16-6-4-15(22)5-7-16/h3-7,9-11H,1,8H2,2H3,(H,24,25)/b14-9+. The van der Waals surface area contributed by atoms with E-state index < -0.39 is 11.7 Å². The fraction of sp³-hybridized carbons (Fsp3) is 0.100. The monoisotopic (exact) mass is 430 g/mol. The maximum Gasteiger partial charge on any atom is 0.266 e. The zero-order valence-corrected chi connectivity index (χ0v) is 16.0. The lowest BCUT2D eigenvalue weighted by Gasteiger charge is -2.12. The van der Waals surface area contributed by atoms with Crippen LogP contribution in [0.4, 0.5) is 10.1 Å². The van der Waals surface area contributed by atoms with Gasteiger partial charge in [-0.25, -0.2) is 4.39 Å². The number of anilines is 1. The third-order valence-electron chi connectivity index (χ3n) is 3.38. The third-order valence-corrected chi connectivity index (χ3v) is 3.96. The maximum absolute atomic E-state index is 12.9. The topological polar surface area (TPSA) is 71.3 Å². The number of halogens is 2. The summed E-state index contributed by atoms with van der Waals surface area (Å²) in [6.45, 7) is 3.89. The van der Waals surface area contributed by atoms with Gasteiger partial charge in [-0.05, 0) is 64.0 Å². The van der Waals surface area contributed by atoms with E-state index in [0.29, 0.717) is 33.8 Å². The van der Waals surface area contributed by atoms with Gasteiger partial charge in [-0.1, -0.05) is 12.7 Å². The molecule has 0 saturated heterocycles. The predicted octanol–water partition coefficient (Wildman–Crippen LogP) is 4.71. The van der Waals surface area contributed by atoms with Crippen LogP contribution in [0.25, 0.3) is 6.08 Å². The average molecular weight is 431 g/mol. The van der Waals surface area contributed by atoms with Crippen molar-refractivity contribution in [3.8, 4) is 17.6 Å². The molecule has 0 aliphatic carbocycles. The van der Waals surface area contributed by atoms with E-state index in [4.69, 9.17) is 9.47 Å². The van der Waals surface area contributed by atoms with Crippen molar-refractivity contribution < 1.29 is 18.7 Å². The Morgan fingerprint density at radius 3 is 2.67 bits per heavy atom. The van der Waals surface area contributed by atoms with Crippen LogP contribution in [0.15, 0.2) is 59.1 Å². The third kappa shape index (κ3) is 5.43. The van der Waals surface area contributed by atoms with E-state index in [1.54, 1.807) is 18.2 Å². The molecule has 2 aromatic rings. The van der Waals surface area contributed by atoms with Crippen LogP contribution in [-0.2, 0) is 4.79 Å². The summed E-state index contributed by atoms with van der Waals surface area (Å²) in [4.78, 5) is 12.3. The Morgan fingerprint density at radius 1 is 1.37 bits per heavy atom. The number of carbonyl (C=O) groups is 1. The normalized spacial score (nSPS) is 10.7. The predicted molar refractivity (Wildman–Crippen MR) is 105 cm³/mol. The van der Waals surface area contributed by atoms with E-state index in [9.17, 15) is 14.4 Å². The van der Waals surface area contributed by atoms with E-state index in [1.807, 2.05) is 6.07 Å². The van der Waals surface area contributed by atoms with Crippen LogP contribution >= 0.6 is 15.9 Å². The van der Waals surface area contributed by atoms with E-state index >= 15 is 0 Å². The number of benzene rings is 2. The molecule has 0 atom stereocenters. The summed E-state index contributed by atoms with van der Waals surface area (Å²) in [7, 11) is 1.49. The molecular formula is C20H16BrFN2O3. The maximum atomic E-state index is 12.9. The number of rotatable bonds is 7. The molecule has 2 aromatic carbocycles. The van der Waals surface area contributed by atoms with Crippen molar-refractivity contribution in [1.29, 1.82) is 5.26 Å². The second-order valence-electron chi connectivity index (χ2n) is 5.26. The quantitative estimate of drug-likeness (QED) is 0.392. The van der Waals surface area contributed by atoms with E-state index in [-0.39, 0.29) is 5.57 Å². The molecule has 0 unspecified atom stereocenters. The largest absolute Gasteiger partial charge is 0.493 e. The van der Waals surface area contributed by atoms with Gasteiger partial charge in [-0.2, -0.15) is 5.26 Å². The highest BCUT2D eigenvalue weighted by molar-refractivity contribution is 9.10. The van der Waals surface area contributed by atoms with Crippen LogP contribution in [0, 0.1) is 17.1 Å². The van der Waals surface area contributed by atoms with Gasteiger partial charge in [-0.3, -0.25) is 4.79 Å². The molecule has 5 nitrogen and oxygen atoms in total. The fourth-order valence-corrected chi connectivity index (χ4v) is 2.73. The summed E-state index contributed by atoms with van der Waals surface area (Å²) in [5, 5.41) is 11.9. The van der Waals surface area contributed by atoms with Crippen LogP contribution in [0.2, 0.25) is 0 Å². The molecule has 0 aromatic heterocycles. The number of ether oxygens (including phenoxy) is 2. The van der Waals surface area contributed by atoms with E-state index in [1.165, 1.54) is 37.5 Å². The average Bonchev–Trinajstić information content (AvgIpc) is 2.66. The van der Waals surface area contributed by atoms with Gasteiger partial charge in [0.15, 0.2) is 11.5 Å². The van der Waals surface area contributed by atoms with Crippen LogP contribution in [0.3, 0.4) is 0 Å². The number of nitrogens with one attached hydrogen (secondary N) is 1. The number of nitriles is 1. The van der Waals surface area contributed by atoms with E-state index in [0.717, 1.165) is 0 Å². The van der Waals surface area contributed by atoms with Crippen LogP contribution in [0.5, 0.6) is 11.5 Å². The highest BCUT2D eigenvalue weighted by Crippen LogP contribution is 2.37. The molecule has 7 heteroatoms. The Hall–Kier alpha value is -3.11. The molecule has 0 saturated carbocycles. The lowest BCUT2D eigenvalue weighted by atomic mass is 10.1. The van der Waals surface area contributed by atoms with Crippen molar-refractivity contribution in [1.82, 2.24) is 0 Å². The summed E-state index contributed by atoms with van der Waals surface area (Å²) in [5.74, 6) is -0.0940. The summed E-state index contributed by atoms with van der Waals surface area (Å²) >= 11 is 3.39. The Labute approximate surface area is 164 Å². The van der Waals surface area contributed by atoms with Crippen molar-refractivity contribution in [3.05, 3.63) is 70.5 Å². The number of nitrogens with zero attached hydrogens (tertiary/aromatic N) is 1. The molecule has 138 valence electrons. The summed E-state index contributed by atoms with van der Waals surface area (Å²) in [6.07, 6.45) is 3.02. The van der Waals surface area contributed by atoms with Crippen molar-refractivity contribution in [3.63, 3.8) is 0 Å². The zero-order valence-electron chi connectivity index (χ0n) is 14.5. The van der Waals surface area contributed by atoms with Crippen LogP contribution in [-0.4, -0.2) is 19.6 Å². The minimum atomic E-state index is -0.605. The number of hydrogen-bond donors (Lipinski definition) is 1. The summed E-state index contributed by atoms with van der Waals surface area (Å²) in [6, 6.07) is 10.5. The van der Waals surface area contributed by atoms with Gasteiger partial charge in [0.2, 0.25) is 0 Å². The first-order chi connectivity index (χ1) is 13.0. The molecule has 1 amide bonds. The molecule has 27 heavy (non-hydrogen) atoms. The molecule has 0 heterocycles. The number of hydrogen-bond acceptors (Lipinski definition) is 4. The SMILES string of the molecule is C=CCOc1c(Br)cc(/C=C(\C#N)C(=O)Nc2ccc(F)cc2)cc1OC. The van der Waals surface area contributed by atoms with Crippen molar-refractivity contribution in [2.24, 2.45) is 0 Å². The number of amides is 1. The van der Waals surface area contributed by atoms with Gasteiger partial charge in [0.1, 0.15) is 24.1 Å².